The predicted octanol–water partition coefficient (Wildman–Crippen LogP) is 7.36. The molecule has 3 aromatic carbocycles. The number of hydrogen-bond donors (Lipinski definition) is 1. The molecule has 6 rings (SSSR count). The van der Waals surface area contributed by atoms with E-state index in [4.69, 9.17) is 13.9 Å². The summed E-state index contributed by atoms with van der Waals surface area (Å²) in [5.41, 5.74) is -2.14. The van der Waals surface area contributed by atoms with E-state index < -0.39 is 31.6 Å². The van der Waals surface area contributed by atoms with E-state index in [0.717, 1.165) is 12.8 Å². The van der Waals surface area contributed by atoms with Crippen LogP contribution in [0.3, 0.4) is 0 Å². The number of fused-ring (bicyclic) bond motifs is 5. The summed E-state index contributed by atoms with van der Waals surface area (Å²) in [6.07, 6.45) is 1.79. The second-order valence-electron chi connectivity index (χ2n) is 16.9. The third kappa shape index (κ3) is 6.79. The molecule has 3 aliphatic rings. The maximum absolute atomic E-state index is 13.7. The number of carbonyl (C=O) groups excluding carboxylic acids is 2. The smallest absolute Gasteiger partial charge is 0.338 e. The van der Waals surface area contributed by atoms with E-state index in [0.29, 0.717) is 24.0 Å². The normalized spacial score (nSPS) is 31.7. The summed E-state index contributed by atoms with van der Waals surface area (Å²) in [7, 11) is -2.82. The molecule has 2 aliphatic heterocycles. The number of carbonyl (C=O) groups is 2. The van der Waals surface area contributed by atoms with Crippen LogP contribution in [0, 0.1) is 29.6 Å². The van der Waals surface area contributed by atoms with Crippen LogP contribution in [0.5, 0.6) is 0 Å². The Bertz CT molecular complexity index is 1580. The molecule has 268 valence electrons. The highest BCUT2D eigenvalue weighted by atomic mass is 28.4. The van der Waals surface area contributed by atoms with Gasteiger partial charge in [0.15, 0.2) is 5.78 Å². The van der Waals surface area contributed by atoms with Gasteiger partial charge in [0.1, 0.15) is 17.3 Å². The van der Waals surface area contributed by atoms with E-state index in [1.165, 1.54) is 10.4 Å². The van der Waals surface area contributed by atoms with Crippen LogP contribution in [0.15, 0.2) is 91.0 Å². The summed E-state index contributed by atoms with van der Waals surface area (Å²) in [5, 5.41) is 14.0. The SMILES string of the molecule is CC(C)[C@H]1CC[C@@H](CO[Si](c2ccccc2)(c2ccccc2)C(C)(C)C)[C@H]2[C@@H]1[C@H]1O[C@@H]2C[C@@](C)(O)C(=O)CC[C@@]1(C)OC(=O)c1ccccc1. The number of benzene rings is 3. The molecular formula is C43H56O6Si. The Morgan fingerprint density at radius 3 is 2.00 bits per heavy atom. The van der Waals surface area contributed by atoms with Crippen molar-refractivity contribution in [3.8, 4) is 0 Å². The van der Waals surface area contributed by atoms with Crippen molar-refractivity contribution in [3.05, 3.63) is 96.6 Å². The second-order valence-corrected chi connectivity index (χ2v) is 21.2. The molecule has 8 atom stereocenters. The third-order valence-corrected chi connectivity index (χ3v) is 17.2. The van der Waals surface area contributed by atoms with Crippen molar-refractivity contribution in [2.45, 2.75) is 109 Å². The van der Waals surface area contributed by atoms with E-state index in [9.17, 15) is 14.7 Å². The standard InChI is InChI=1S/C43H56O6Si/c1-29(2)34-24-23-31(28-47-50(41(3,4)5,32-19-13-9-14-20-32)33-21-15-10-16-22-33)37-35-27-42(6,46)36(44)25-26-43(7,39(48-35)38(34)37)49-40(45)30-17-11-8-12-18-30/h8-22,29,31,34-35,37-39,46H,23-28H2,1-7H3/t31-,34+,35+,37+,38+,39+,42+,43+/m0/s1. The van der Waals surface area contributed by atoms with Crippen LogP contribution in [-0.2, 0) is 18.7 Å². The Morgan fingerprint density at radius 1 is 0.900 bits per heavy atom. The van der Waals surface area contributed by atoms with Crippen LogP contribution < -0.4 is 10.4 Å². The molecule has 3 fully saturated rings. The van der Waals surface area contributed by atoms with Gasteiger partial charge in [0.2, 0.25) is 0 Å². The lowest BCUT2D eigenvalue weighted by atomic mass is 9.58. The van der Waals surface area contributed by atoms with E-state index in [1.807, 2.05) is 25.1 Å². The van der Waals surface area contributed by atoms with Crippen LogP contribution >= 0.6 is 0 Å². The summed E-state index contributed by atoms with van der Waals surface area (Å²) in [6.45, 7) is 15.6. The average Bonchev–Trinajstić information content (AvgIpc) is 3.48. The minimum Gasteiger partial charge on any atom is -0.453 e. The van der Waals surface area contributed by atoms with Gasteiger partial charge in [0.25, 0.3) is 8.32 Å². The minimum absolute atomic E-state index is 0.0199. The first-order valence-electron chi connectivity index (χ1n) is 18.6. The van der Waals surface area contributed by atoms with Crippen molar-refractivity contribution in [1.82, 2.24) is 0 Å². The van der Waals surface area contributed by atoms with Crippen molar-refractivity contribution in [3.63, 3.8) is 0 Å². The highest BCUT2D eigenvalue weighted by Crippen LogP contribution is 2.56. The molecule has 0 spiro atoms. The molecule has 2 saturated heterocycles. The topological polar surface area (TPSA) is 82.1 Å². The van der Waals surface area contributed by atoms with Crippen LogP contribution in [-0.4, -0.2) is 55.2 Å². The molecule has 2 bridgehead atoms. The summed E-state index contributed by atoms with van der Waals surface area (Å²) in [4.78, 5) is 27.3. The molecular weight excluding hydrogens is 641 g/mol. The van der Waals surface area contributed by atoms with Gasteiger partial charge < -0.3 is 19.0 Å². The van der Waals surface area contributed by atoms with Gasteiger partial charge in [-0.25, -0.2) is 4.79 Å². The van der Waals surface area contributed by atoms with Gasteiger partial charge in [-0.05, 0) is 90.2 Å². The molecule has 1 saturated carbocycles. The fourth-order valence-electron chi connectivity index (χ4n) is 9.67. The van der Waals surface area contributed by atoms with E-state index in [-0.39, 0.29) is 53.9 Å². The molecule has 50 heavy (non-hydrogen) atoms. The number of rotatable bonds is 8. The number of aliphatic hydroxyl groups is 1. The number of ketones is 1. The Kier molecular flexibility index (Phi) is 10.4. The first-order chi connectivity index (χ1) is 23.7. The Balaban J connectivity index is 1.42. The molecule has 6 nitrogen and oxygen atoms in total. The van der Waals surface area contributed by atoms with Gasteiger partial charge in [0, 0.05) is 19.4 Å². The highest BCUT2D eigenvalue weighted by molar-refractivity contribution is 6.99. The van der Waals surface area contributed by atoms with Crippen molar-refractivity contribution in [2.24, 2.45) is 29.6 Å². The van der Waals surface area contributed by atoms with Gasteiger partial charge in [-0.2, -0.15) is 0 Å². The van der Waals surface area contributed by atoms with Gasteiger partial charge in [-0.3, -0.25) is 4.79 Å². The molecule has 0 aromatic heterocycles. The zero-order chi connectivity index (χ0) is 35.9. The molecule has 1 N–H and O–H groups in total. The largest absolute Gasteiger partial charge is 0.453 e. The minimum atomic E-state index is -2.82. The van der Waals surface area contributed by atoms with Crippen molar-refractivity contribution in [1.29, 1.82) is 0 Å². The lowest BCUT2D eigenvalue weighted by Crippen LogP contribution is -2.67. The zero-order valence-electron chi connectivity index (χ0n) is 30.9. The van der Waals surface area contributed by atoms with Gasteiger partial charge >= 0.3 is 5.97 Å². The molecule has 3 aromatic rings. The van der Waals surface area contributed by atoms with Crippen molar-refractivity contribution >= 4 is 30.4 Å². The molecule has 7 heteroatoms. The Morgan fingerprint density at radius 2 is 1.46 bits per heavy atom. The van der Waals surface area contributed by atoms with Crippen LogP contribution in [0.25, 0.3) is 0 Å². The van der Waals surface area contributed by atoms with Crippen LogP contribution in [0.2, 0.25) is 5.04 Å². The Labute approximate surface area is 300 Å². The molecule has 0 unspecified atom stereocenters. The summed E-state index contributed by atoms with van der Waals surface area (Å²) >= 11 is 0. The van der Waals surface area contributed by atoms with Gasteiger partial charge in [-0.1, -0.05) is 113 Å². The molecule has 0 amide bonds. The zero-order valence-corrected chi connectivity index (χ0v) is 31.9. The maximum atomic E-state index is 13.7. The maximum Gasteiger partial charge on any atom is 0.338 e. The fraction of sp³-hybridized carbons (Fsp3) is 0.535. The first kappa shape index (κ1) is 36.7. The summed E-state index contributed by atoms with van der Waals surface area (Å²) in [6, 6.07) is 30.5. The number of ether oxygens (including phenoxy) is 2. The molecule has 0 radical (unpaired) electrons. The number of esters is 1. The monoisotopic (exact) mass is 696 g/mol. The molecule has 1 aliphatic carbocycles. The summed E-state index contributed by atoms with van der Waals surface area (Å²) < 4.78 is 21.1. The highest BCUT2D eigenvalue weighted by Gasteiger charge is 2.62. The fourth-order valence-corrected chi connectivity index (χ4v) is 14.3. The van der Waals surface area contributed by atoms with E-state index in [2.05, 4.69) is 95.3 Å². The van der Waals surface area contributed by atoms with Crippen molar-refractivity contribution < 1.29 is 28.6 Å². The van der Waals surface area contributed by atoms with Gasteiger partial charge in [-0.15, -0.1) is 0 Å². The first-order valence-corrected chi connectivity index (χ1v) is 20.5. The van der Waals surface area contributed by atoms with Crippen LogP contribution in [0.4, 0.5) is 0 Å². The lowest BCUT2D eigenvalue weighted by molar-refractivity contribution is -0.139. The van der Waals surface area contributed by atoms with E-state index >= 15 is 0 Å². The number of hydrogen-bond acceptors (Lipinski definition) is 6. The van der Waals surface area contributed by atoms with Crippen molar-refractivity contribution in [2.75, 3.05) is 6.61 Å². The molecule has 2 heterocycles. The van der Waals surface area contributed by atoms with E-state index in [1.54, 1.807) is 19.1 Å². The predicted molar refractivity (Wildman–Crippen MR) is 200 cm³/mol. The third-order valence-electron chi connectivity index (χ3n) is 12.2. The quantitative estimate of drug-likeness (QED) is 0.196. The Hall–Kier alpha value is -3.10. The number of Topliss-reactive ketones (excluding diaryl/α,β-unsaturated/α-hetero) is 1. The second kappa shape index (κ2) is 14.1. The van der Waals surface area contributed by atoms with Gasteiger partial charge in [0.05, 0.1) is 11.7 Å². The average molecular weight is 697 g/mol. The summed E-state index contributed by atoms with van der Waals surface area (Å²) in [5.74, 6) is 0.276. The van der Waals surface area contributed by atoms with Crippen LogP contribution in [0.1, 0.15) is 90.9 Å². The lowest BCUT2D eigenvalue weighted by Gasteiger charge is -2.49.